The highest BCUT2D eigenvalue weighted by Gasteiger charge is 2.30. The average Bonchev–Trinajstić information content (AvgIpc) is 3.19. The van der Waals surface area contributed by atoms with E-state index in [-0.39, 0.29) is 12.5 Å². The maximum Gasteiger partial charge on any atom is 0.337 e. The van der Waals surface area contributed by atoms with E-state index >= 15 is 0 Å². The SMILES string of the molecule is COC(=O)c1ccc(N=C2SC(=Cc3ccc(OCc4ccccc4C#N)c(OC)c3)C(=O)N2C)cc1. The van der Waals surface area contributed by atoms with Gasteiger partial charge in [0.1, 0.15) is 6.61 Å². The lowest BCUT2D eigenvalue weighted by Crippen LogP contribution is -2.23. The van der Waals surface area contributed by atoms with Gasteiger partial charge in [0.25, 0.3) is 5.91 Å². The Bertz CT molecular complexity index is 1440. The predicted octanol–water partition coefficient (Wildman–Crippen LogP) is 5.17. The number of nitriles is 1. The number of thioether (sulfide) groups is 1. The first-order chi connectivity index (χ1) is 17.9. The first-order valence-corrected chi connectivity index (χ1v) is 12.0. The molecule has 8 nitrogen and oxygen atoms in total. The topological polar surface area (TPSA) is 101 Å². The second-order valence-corrected chi connectivity index (χ2v) is 8.88. The number of hydrogen-bond acceptors (Lipinski definition) is 8. The van der Waals surface area contributed by atoms with E-state index in [0.717, 1.165) is 11.1 Å². The Morgan fingerprint density at radius 2 is 1.84 bits per heavy atom. The van der Waals surface area contributed by atoms with Crippen molar-refractivity contribution < 1.29 is 23.8 Å². The van der Waals surface area contributed by atoms with Crippen LogP contribution in [0.5, 0.6) is 11.5 Å². The molecule has 1 amide bonds. The zero-order chi connectivity index (χ0) is 26.4. The lowest BCUT2D eigenvalue weighted by atomic mass is 10.1. The largest absolute Gasteiger partial charge is 0.493 e. The van der Waals surface area contributed by atoms with Crippen LogP contribution in [0.15, 0.2) is 76.6 Å². The minimum atomic E-state index is -0.425. The standard InChI is InChI=1S/C28H23N3O5S/c1-31-26(32)25(37-28(31)30-22-11-9-19(10-12-22)27(33)35-3)15-18-8-13-23(24(14-18)34-2)36-17-21-7-5-4-6-20(21)16-29/h4-15H,17H2,1-3H3. The Balaban J connectivity index is 1.51. The summed E-state index contributed by atoms with van der Waals surface area (Å²) in [7, 11) is 4.53. The molecule has 1 fully saturated rings. The van der Waals surface area contributed by atoms with Crippen LogP contribution in [0, 0.1) is 11.3 Å². The van der Waals surface area contributed by atoms with Crippen molar-refractivity contribution in [3.63, 3.8) is 0 Å². The number of aliphatic imine (C=N–C) groups is 1. The third-order valence-corrected chi connectivity index (χ3v) is 6.58. The van der Waals surface area contributed by atoms with Crippen LogP contribution in [-0.4, -0.2) is 43.2 Å². The number of hydrogen-bond donors (Lipinski definition) is 0. The zero-order valence-corrected chi connectivity index (χ0v) is 21.2. The van der Waals surface area contributed by atoms with Gasteiger partial charge in [-0.1, -0.05) is 24.3 Å². The molecule has 0 saturated carbocycles. The summed E-state index contributed by atoms with van der Waals surface area (Å²) in [5, 5.41) is 9.79. The van der Waals surface area contributed by atoms with Crippen molar-refractivity contribution in [2.24, 2.45) is 4.99 Å². The van der Waals surface area contributed by atoms with Crippen molar-refractivity contribution in [2.45, 2.75) is 6.61 Å². The van der Waals surface area contributed by atoms with E-state index in [2.05, 4.69) is 11.1 Å². The lowest BCUT2D eigenvalue weighted by Gasteiger charge is -2.12. The summed E-state index contributed by atoms with van der Waals surface area (Å²) in [6.07, 6.45) is 1.77. The number of benzene rings is 3. The van der Waals surface area contributed by atoms with Crippen LogP contribution in [0.1, 0.15) is 27.0 Å². The summed E-state index contributed by atoms with van der Waals surface area (Å²) in [5.41, 5.74) is 3.12. The monoisotopic (exact) mass is 513 g/mol. The molecule has 0 unspecified atom stereocenters. The van der Waals surface area contributed by atoms with Crippen molar-refractivity contribution in [2.75, 3.05) is 21.3 Å². The molecule has 9 heteroatoms. The van der Waals surface area contributed by atoms with Crippen LogP contribution in [0.2, 0.25) is 0 Å². The number of amides is 1. The maximum absolute atomic E-state index is 12.8. The summed E-state index contributed by atoms with van der Waals surface area (Å²) >= 11 is 1.25. The van der Waals surface area contributed by atoms with Gasteiger partial charge in [-0.2, -0.15) is 5.26 Å². The second kappa shape index (κ2) is 11.5. The number of esters is 1. The Morgan fingerprint density at radius 3 is 2.54 bits per heavy atom. The molecule has 1 heterocycles. The smallest absolute Gasteiger partial charge is 0.337 e. The van der Waals surface area contributed by atoms with Crippen molar-refractivity contribution in [3.8, 4) is 17.6 Å². The Hall–Kier alpha value is -4.55. The minimum absolute atomic E-state index is 0.178. The molecule has 3 aromatic rings. The number of ether oxygens (including phenoxy) is 3. The first-order valence-electron chi connectivity index (χ1n) is 11.2. The lowest BCUT2D eigenvalue weighted by molar-refractivity contribution is -0.121. The predicted molar refractivity (Wildman–Crippen MR) is 142 cm³/mol. The summed E-state index contributed by atoms with van der Waals surface area (Å²) in [6.45, 7) is 0.222. The van der Waals surface area contributed by atoms with Gasteiger partial charge in [-0.25, -0.2) is 9.79 Å². The molecular formula is C28H23N3O5S. The number of rotatable bonds is 7. The fraction of sp³-hybridized carbons (Fsp3) is 0.143. The normalized spacial score (nSPS) is 15.1. The molecule has 3 aromatic carbocycles. The van der Waals surface area contributed by atoms with Gasteiger partial charge in [0, 0.05) is 12.6 Å². The van der Waals surface area contributed by atoms with E-state index in [0.29, 0.717) is 38.4 Å². The zero-order valence-electron chi connectivity index (χ0n) is 20.4. The summed E-state index contributed by atoms with van der Waals surface area (Å²) in [4.78, 5) is 31.0. The van der Waals surface area contributed by atoms with Gasteiger partial charge in [0.15, 0.2) is 16.7 Å². The van der Waals surface area contributed by atoms with Gasteiger partial charge in [-0.15, -0.1) is 0 Å². The molecule has 4 rings (SSSR count). The molecule has 1 aliphatic rings. The molecule has 0 spiro atoms. The highest BCUT2D eigenvalue weighted by molar-refractivity contribution is 8.18. The molecule has 0 aliphatic carbocycles. The van der Waals surface area contributed by atoms with Crippen molar-refractivity contribution in [3.05, 3.63) is 93.9 Å². The van der Waals surface area contributed by atoms with Gasteiger partial charge in [0.2, 0.25) is 0 Å². The van der Waals surface area contributed by atoms with Crippen LogP contribution in [0.25, 0.3) is 6.08 Å². The number of nitrogens with zero attached hydrogens (tertiary/aromatic N) is 3. The minimum Gasteiger partial charge on any atom is -0.493 e. The number of methoxy groups -OCH3 is 2. The Labute approximate surface area is 218 Å². The molecular weight excluding hydrogens is 490 g/mol. The average molecular weight is 514 g/mol. The van der Waals surface area contributed by atoms with Gasteiger partial charge >= 0.3 is 5.97 Å². The molecule has 1 aliphatic heterocycles. The molecule has 0 atom stereocenters. The fourth-order valence-electron chi connectivity index (χ4n) is 3.51. The van der Waals surface area contributed by atoms with E-state index < -0.39 is 5.97 Å². The Morgan fingerprint density at radius 1 is 1.08 bits per heavy atom. The van der Waals surface area contributed by atoms with Crippen molar-refractivity contribution >= 4 is 40.6 Å². The molecule has 0 aromatic heterocycles. The van der Waals surface area contributed by atoms with E-state index in [9.17, 15) is 14.9 Å². The van der Waals surface area contributed by atoms with E-state index in [1.165, 1.54) is 23.8 Å². The molecule has 0 radical (unpaired) electrons. The van der Waals surface area contributed by atoms with Gasteiger partial charge in [-0.05, 0) is 65.9 Å². The van der Waals surface area contributed by atoms with Crippen molar-refractivity contribution in [1.82, 2.24) is 4.90 Å². The van der Waals surface area contributed by atoms with Crippen LogP contribution < -0.4 is 9.47 Å². The maximum atomic E-state index is 12.8. The highest BCUT2D eigenvalue weighted by Crippen LogP contribution is 2.35. The highest BCUT2D eigenvalue weighted by atomic mass is 32.2. The van der Waals surface area contributed by atoms with E-state index in [1.54, 1.807) is 62.7 Å². The molecule has 186 valence electrons. The summed E-state index contributed by atoms with van der Waals surface area (Å²) < 4.78 is 16.1. The van der Waals surface area contributed by atoms with Crippen LogP contribution in [0.4, 0.5) is 5.69 Å². The van der Waals surface area contributed by atoms with Crippen LogP contribution in [0.3, 0.4) is 0 Å². The fourth-order valence-corrected chi connectivity index (χ4v) is 4.49. The van der Waals surface area contributed by atoms with Gasteiger partial charge < -0.3 is 14.2 Å². The molecule has 37 heavy (non-hydrogen) atoms. The second-order valence-electron chi connectivity index (χ2n) is 7.88. The number of likely N-dealkylation sites (N-methyl/N-ethyl adjacent to an activating group) is 1. The summed E-state index contributed by atoms with van der Waals surface area (Å²) in [5.74, 6) is 0.429. The third kappa shape index (κ3) is 5.82. The van der Waals surface area contributed by atoms with E-state index in [4.69, 9.17) is 14.2 Å². The van der Waals surface area contributed by atoms with Gasteiger partial charge in [0.05, 0.1) is 42.0 Å². The first kappa shape index (κ1) is 25.5. The third-order valence-electron chi connectivity index (χ3n) is 5.52. The van der Waals surface area contributed by atoms with Crippen molar-refractivity contribution in [1.29, 1.82) is 5.26 Å². The van der Waals surface area contributed by atoms with Crippen LogP contribution in [-0.2, 0) is 16.1 Å². The number of amidine groups is 1. The quantitative estimate of drug-likeness (QED) is 0.317. The number of carbonyl (C=O) groups excluding carboxylic acids is 2. The van der Waals surface area contributed by atoms with Gasteiger partial charge in [-0.3, -0.25) is 9.69 Å². The molecule has 0 bridgehead atoms. The Kier molecular flexibility index (Phi) is 7.91. The van der Waals surface area contributed by atoms with E-state index in [1.807, 2.05) is 24.3 Å². The molecule has 0 N–H and O–H groups in total. The molecule has 1 saturated heterocycles. The summed E-state index contributed by atoms with van der Waals surface area (Å²) in [6, 6.07) is 21.4. The number of carbonyl (C=O) groups is 2. The van der Waals surface area contributed by atoms with Crippen LogP contribution >= 0.6 is 11.8 Å².